The molecule has 1 fully saturated rings. The maximum atomic E-state index is 11.9. The zero-order valence-electron chi connectivity index (χ0n) is 9.44. The molecule has 5 nitrogen and oxygen atoms in total. The van der Waals surface area contributed by atoms with Crippen LogP contribution in [0.25, 0.3) is 0 Å². The van der Waals surface area contributed by atoms with Gasteiger partial charge in [-0.3, -0.25) is 4.79 Å². The minimum Gasteiger partial charge on any atom is -0.378 e. The Morgan fingerprint density at radius 2 is 2.41 bits per heavy atom. The molecule has 0 aromatic carbocycles. The van der Waals surface area contributed by atoms with Gasteiger partial charge in [-0.05, 0) is 28.1 Å². The van der Waals surface area contributed by atoms with Crippen molar-refractivity contribution in [3.8, 4) is 0 Å². The van der Waals surface area contributed by atoms with Crippen LogP contribution in [0.15, 0.2) is 22.8 Å². The zero-order chi connectivity index (χ0) is 12.3. The maximum Gasteiger partial charge on any atom is 0.270 e. The molecule has 0 spiro atoms. The number of amides is 1. The van der Waals surface area contributed by atoms with Gasteiger partial charge in [0, 0.05) is 30.9 Å². The van der Waals surface area contributed by atoms with Gasteiger partial charge < -0.3 is 15.4 Å². The van der Waals surface area contributed by atoms with E-state index >= 15 is 0 Å². The molecule has 1 saturated heterocycles. The molecule has 0 bridgehead atoms. The van der Waals surface area contributed by atoms with Crippen molar-refractivity contribution in [1.82, 2.24) is 15.6 Å². The number of hydrogen-bond acceptors (Lipinski definition) is 4. The number of nitrogens with one attached hydrogen (secondary N) is 2. The molecular formula is C11H14BrN3O2. The molecule has 1 aliphatic heterocycles. The van der Waals surface area contributed by atoms with Crippen molar-refractivity contribution in [2.75, 3.05) is 20.2 Å². The molecule has 2 heterocycles. The monoisotopic (exact) mass is 299 g/mol. The first-order chi connectivity index (χ1) is 8.20. The number of halogens is 1. The summed E-state index contributed by atoms with van der Waals surface area (Å²) in [6.07, 6.45) is 1.63. The molecule has 0 radical (unpaired) electrons. The van der Waals surface area contributed by atoms with Crippen LogP contribution in [0.3, 0.4) is 0 Å². The summed E-state index contributed by atoms with van der Waals surface area (Å²) in [6.45, 7) is 1.48. The lowest BCUT2D eigenvalue weighted by Gasteiger charge is -2.18. The van der Waals surface area contributed by atoms with Gasteiger partial charge in [0.1, 0.15) is 5.69 Å². The highest BCUT2D eigenvalue weighted by molar-refractivity contribution is 9.10. The van der Waals surface area contributed by atoms with Crippen LogP contribution in [0, 0.1) is 0 Å². The third-order valence-electron chi connectivity index (χ3n) is 2.74. The Kier molecular flexibility index (Phi) is 4.09. The molecule has 1 aromatic heterocycles. The zero-order valence-corrected chi connectivity index (χ0v) is 11.0. The molecule has 6 heteroatoms. The smallest absolute Gasteiger partial charge is 0.270 e. The van der Waals surface area contributed by atoms with E-state index in [9.17, 15) is 4.79 Å². The minimum absolute atomic E-state index is 0.00190. The van der Waals surface area contributed by atoms with Crippen molar-refractivity contribution in [3.05, 3.63) is 28.5 Å². The van der Waals surface area contributed by atoms with Crippen LogP contribution in [-0.4, -0.2) is 43.2 Å². The predicted octanol–water partition coefficient (Wildman–Crippen LogP) is 0.561. The van der Waals surface area contributed by atoms with Gasteiger partial charge in [-0.15, -0.1) is 0 Å². The van der Waals surface area contributed by atoms with Crippen LogP contribution in [0.1, 0.15) is 10.5 Å². The Bertz CT molecular complexity index is 396. The fourth-order valence-electron chi connectivity index (χ4n) is 1.80. The van der Waals surface area contributed by atoms with Crippen molar-refractivity contribution in [3.63, 3.8) is 0 Å². The molecule has 0 saturated carbocycles. The molecule has 1 aromatic rings. The van der Waals surface area contributed by atoms with Crippen LogP contribution in [0.2, 0.25) is 0 Å². The number of ether oxygens (including phenoxy) is 1. The van der Waals surface area contributed by atoms with Gasteiger partial charge >= 0.3 is 0 Å². The second-order valence-electron chi connectivity index (χ2n) is 3.87. The van der Waals surface area contributed by atoms with Gasteiger partial charge in [0.2, 0.25) is 0 Å². The highest BCUT2D eigenvalue weighted by Gasteiger charge is 2.28. The summed E-state index contributed by atoms with van der Waals surface area (Å²) >= 11 is 3.28. The van der Waals surface area contributed by atoms with Gasteiger partial charge in [0.25, 0.3) is 5.91 Å². The molecule has 1 amide bonds. The van der Waals surface area contributed by atoms with Crippen molar-refractivity contribution >= 4 is 21.8 Å². The lowest BCUT2D eigenvalue weighted by Crippen LogP contribution is -2.43. The van der Waals surface area contributed by atoms with E-state index in [1.807, 2.05) is 0 Å². The number of methoxy groups -OCH3 is 1. The largest absolute Gasteiger partial charge is 0.378 e. The Morgan fingerprint density at radius 3 is 3.06 bits per heavy atom. The highest BCUT2D eigenvalue weighted by atomic mass is 79.9. The lowest BCUT2D eigenvalue weighted by atomic mass is 10.2. The van der Waals surface area contributed by atoms with E-state index < -0.39 is 0 Å². The van der Waals surface area contributed by atoms with Gasteiger partial charge in [0.15, 0.2) is 0 Å². The average Bonchev–Trinajstić information content (AvgIpc) is 2.77. The number of carbonyl (C=O) groups is 1. The van der Waals surface area contributed by atoms with Crippen molar-refractivity contribution in [2.45, 2.75) is 12.1 Å². The lowest BCUT2D eigenvalue weighted by molar-refractivity contribution is 0.0776. The standard InChI is InChI=1S/C11H14BrN3O2/c1-17-10-6-13-5-9(10)15-11(16)8-3-2-7(12)4-14-8/h2-4,9-10,13H,5-6H2,1H3,(H,15,16)/t9?,10-/m0/s1. The predicted molar refractivity (Wildman–Crippen MR) is 66.9 cm³/mol. The van der Waals surface area contributed by atoms with E-state index in [1.165, 1.54) is 0 Å². The number of nitrogens with zero attached hydrogens (tertiary/aromatic N) is 1. The maximum absolute atomic E-state index is 11.9. The molecule has 1 aliphatic rings. The quantitative estimate of drug-likeness (QED) is 0.856. The van der Waals surface area contributed by atoms with Crippen LogP contribution < -0.4 is 10.6 Å². The van der Waals surface area contributed by atoms with Crippen LogP contribution in [-0.2, 0) is 4.74 Å². The Balaban J connectivity index is 1.99. The summed E-state index contributed by atoms with van der Waals surface area (Å²) < 4.78 is 6.13. The molecule has 2 atom stereocenters. The van der Waals surface area contributed by atoms with E-state index in [0.717, 1.165) is 17.6 Å². The fraction of sp³-hybridized carbons (Fsp3) is 0.455. The van der Waals surface area contributed by atoms with E-state index in [-0.39, 0.29) is 18.1 Å². The molecule has 2 N–H and O–H groups in total. The molecular weight excluding hydrogens is 286 g/mol. The first-order valence-electron chi connectivity index (χ1n) is 5.36. The van der Waals surface area contributed by atoms with Gasteiger partial charge in [-0.2, -0.15) is 0 Å². The van der Waals surface area contributed by atoms with Crippen molar-refractivity contribution < 1.29 is 9.53 Å². The number of rotatable bonds is 3. The first kappa shape index (κ1) is 12.5. The second-order valence-corrected chi connectivity index (χ2v) is 4.79. The number of carbonyl (C=O) groups excluding carboxylic acids is 1. The molecule has 92 valence electrons. The Morgan fingerprint density at radius 1 is 1.59 bits per heavy atom. The van der Waals surface area contributed by atoms with Crippen LogP contribution >= 0.6 is 15.9 Å². The second kappa shape index (κ2) is 5.57. The highest BCUT2D eigenvalue weighted by Crippen LogP contribution is 2.09. The summed E-state index contributed by atoms with van der Waals surface area (Å²) in [4.78, 5) is 16.0. The summed E-state index contributed by atoms with van der Waals surface area (Å²) in [6, 6.07) is 3.48. The number of pyridine rings is 1. The Hall–Kier alpha value is -0.980. The third kappa shape index (κ3) is 3.02. The van der Waals surface area contributed by atoms with Crippen molar-refractivity contribution in [1.29, 1.82) is 0 Å². The van der Waals surface area contributed by atoms with Gasteiger partial charge in [-0.1, -0.05) is 0 Å². The van der Waals surface area contributed by atoms with E-state index in [1.54, 1.807) is 25.4 Å². The minimum atomic E-state index is -0.173. The van der Waals surface area contributed by atoms with E-state index in [2.05, 4.69) is 31.5 Å². The SMILES string of the molecule is CO[C@H]1CNCC1NC(=O)c1ccc(Br)cn1. The molecule has 17 heavy (non-hydrogen) atoms. The van der Waals surface area contributed by atoms with Gasteiger partial charge in [-0.25, -0.2) is 4.98 Å². The van der Waals surface area contributed by atoms with Gasteiger partial charge in [0.05, 0.1) is 12.1 Å². The van der Waals surface area contributed by atoms with E-state index in [0.29, 0.717) is 5.69 Å². The normalized spacial score (nSPS) is 23.6. The fourth-order valence-corrected chi connectivity index (χ4v) is 2.03. The van der Waals surface area contributed by atoms with Crippen molar-refractivity contribution in [2.24, 2.45) is 0 Å². The van der Waals surface area contributed by atoms with E-state index in [4.69, 9.17) is 4.74 Å². The first-order valence-corrected chi connectivity index (χ1v) is 6.16. The van der Waals surface area contributed by atoms with Crippen LogP contribution in [0.4, 0.5) is 0 Å². The average molecular weight is 300 g/mol. The summed E-state index contributed by atoms with van der Waals surface area (Å²) in [5.74, 6) is -0.173. The summed E-state index contributed by atoms with van der Waals surface area (Å²) in [5.41, 5.74) is 0.412. The Labute approximate surface area is 108 Å². The molecule has 0 aliphatic carbocycles. The number of hydrogen-bond donors (Lipinski definition) is 2. The summed E-state index contributed by atoms with van der Waals surface area (Å²) in [5, 5.41) is 6.08. The number of aromatic nitrogens is 1. The van der Waals surface area contributed by atoms with Crippen LogP contribution in [0.5, 0.6) is 0 Å². The molecule has 1 unspecified atom stereocenters. The summed E-state index contributed by atoms with van der Waals surface area (Å²) in [7, 11) is 1.65. The third-order valence-corrected chi connectivity index (χ3v) is 3.21. The topological polar surface area (TPSA) is 63.2 Å². The molecule has 2 rings (SSSR count).